The van der Waals surface area contributed by atoms with Crippen molar-refractivity contribution in [2.45, 2.75) is 19.3 Å². The number of aryl methyl sites for hydroxylation is 1. The van der Waals surface area contributed by atoms with Crippen molar-refractivity contribution in [1.82, 2.24) is 0 Å². The normalized spacial score (nSPS) is 9.84. The molecule has 0 radical (unpaired) electrons. The lowest BCUT2D eigenvalue weighted by molar-refractivity contribution is -0.116. The summed E-state index contributed by atoms with van der Waals surface area (Å²) in [4.78, 5) is 13.1. The highest BCUT2D eigenvalue weighted by Gasteiger charge is 2.03. The van der Waals surface area contributed by atoms with Crippen LogP contribution in [0.5, 0.6) is 0 Å². The van der Waals surface area contributed by atoms with Crippen molar-refractivity contribution < 1.29 is 4.79 Å². The summed E-state index contributed by atoms with van der Waals surface area (Å²) in [7, 11) is 0. The van der Waals surface area contributed by atoms with E-state index in [-0.39, 0.29) is 5.91 Å². The van der Waals surface area contributed by atoms with Crippen LogP contribution in [-0.2, 0) is 11.2 Å². The molecule has 0 aliphatic heterocycles. The standard InChI is InChI=1S/C16H15NOS/c1-2-13-6-3-7-14(12-13)17-16(18)10-4-8-15-9-5-11-19-15/h1,3,5-7,9,11-12H,4,8,10H2,(H,17,18). The third-order valence-corrected chi connectivity index (χ3v) is 3.66. The Morgan fingerprint density at radius 2 is 2.21 bits per heavy atom. The number of rotatable bonds is 5. The quantitative estimate of drug-likeness (QED) is 0.824. The maximum atomic E-state index is 11.8. The van der Waals surface area contributed by atoms with Crippen LogP contribution in [0.15, 0.2) is 41.8 Å². The summed E-state index contributed by atoms with van der Waals surface area (Å²) in [6.45, 7) is 0. The summed E-state index contributed by atoms with van der Waals surface area (Å²) in [6.07, 6.45) is 7.66. The van der Waals surface area contributed by atoms with Gasteiger partial charge in [0, 0.05) is 22.5 Å². The Morgan fingerprint density at radius 1 is 1.32 bits per heavy atom. The Labute approximate surface area is 117 Å². The lowest BCUT2D eigenvalue weighted by atomic mass is 10.2. The van der Waals surface area contributed by atoms with Crippen LogP contribution in [0.4, 0.5) is 5.69 Å². The Kier molecular flexibility index (Phi) is 4.77. The highest BCUT2D eigenvalue weighted by atomic mass is 32.1. The molecule has 0 aliphatic carbocycles. The monoisotopic (exact) mass is 269 g/mol. The number of carbonyl (C=O) groups excluding carboxylic acids is 1. The molecule has 0 atom stereocenters. The van der Waals surface area contributed by atoms with Gasteiger partial charge < -0.3 is 5.32 Å². The number of nitrogens with one attached hydrogen (secondary N) is 1. The van der Waals surface area contributed by atoms with E-state index in [1.54, 1.807) is 17.4 Å². The van der Waals surface area contributed by atoms with E-state index in [0.717, 1.165) is 24.1 Å². The molecule has 0 saturated heterocycles. The Bertz CT molecular complexity index is 581. The average Bonchev–Trinajstić information content (AvgIpc) is 2.92. The number of benzene rings is 1. The van der Waals surface area contributed by atoms with E-state index >= 15 is 0 Å². The van der Waals surface area contributed by atoms with Crippen LogP contribution < -0.4 is 5.32 Å². The molecular weight excluding hydrogens is 254 g/mol. The number of hydrogen-bond donors (Lipinski definition) is 1. The zero-order valence-electron chi connectivity index (χ0n) is 10.6. The van der Waals surface area contributed by atoms with Crippen LogP contribution in [-0.4, -0.2) is 5.91 Å². The van der Waals surface area contributed by atoms with Crippen LogP contribution >= 0.6 is 11.3 Å². The predicted molar refractivity (Wildman–Crippen MR) is 80.3 cm³/mol. The van der Waals surface area contributed by atoms with Crippen LogP contribution in [0.1, 0.15) is 23.3 Å². The van der Waals surface area contributed by atoms with Gasteiger partial charge in [0.25, 0.3) is 0 Å². The summed E-state index contributed by atoms with van der Waals surface area (Å²) in [5.41, 5.74) is 1.54. The number of terminal acetylenes is 1. The minimum atomic E-state index is 0.0331. The van der Waals surface area contributed by atoms with E-state index < -0.39 is 0 Å². The molecule has 2 rings (SSSR count). The number of anilines is 1. The zero-order valence-corrected chi connectivity index (χ0v) is 11.4. The van der Waals surface area contributed by atoms with Crippen molar-refractivity contribution >= 4 is 22.9 Å². The molecule has 0 unspecified atom stereocenters. The minimum absolute atomic E-state index is 0.0331. The molecule has 0 bridgehead atoms. The van der Waals surface area contributed by atoms with Gasteiger partial charge in [-0.2, -0.15) is 0 Å². The van der Waals surface area contributed by atoms with Crippen LogP contribution in [0, 0.1) is 12.3 Å². The first-order valence-electron chi connectivity index (χ1n) is 6.17. The molecule has 1 heterocycles. The summed E-state index contributed by atoms with van der Waals surface area (Å²) in [5.74, 6) is 2.59. The highest BCUT2D eigenvalue weighted by Crippen LogP contribution is 2.13. The molecule has 0 saturated carbocycles. The lowest BCUT2D eigenvalue weighted by Gasteiger charge is -2.05. The predicted octanol–water partition coefficient (Wildman–Crippen LogP) is 3.69. The molecule has 0 fully saturated rings. The first kappa shape index (κ1) is 13.4. The van der Waals surface area contributed by atoms with Gasteiger partial charge in [-0.15, -0.1) is 17.8 Å². The SMILES string of the molecule is C#Cc1cccc(NC(=O)CCCc2cccs2)c1. The molecule has 2 aromatic rings. The molecule has 1 amide bonds. The van der Waals surface area contributed by atoms with E-state index in [1.807, 2.05) is 24.3 Å². The smallest absolute Gasteiger partial charge is 0.224 e. The molecule has 19 heavy (non-hydrogen) atoms. The lowest BCUT2D eigenvalue weighted by Crippen LogP contribution is -2.11. The van der Waals surface area contributed by atoms with Crippen LogP contribution in [0.25, 0.3) is 0 Å². The van der Waals surface area contributed by atoms with E-state index in [2.05, 4.69) is 22.7 Å². The Balaban J connectivity index is 1.79. The molecule has 1 N–H and O–H groups in total. The van der Waals surface area contributed by atoms with Gasteiger partial charge in [-0.25, -0.2) is 0 Å². The van der Waals surface area contributed by atoms with Crippen LogP contribution in [0.2, 0.25) is 0 Å². The second-order valence-electron chi connectivity index (χ2n) is 4.21. The van der Waals surface area contributed by atoms with Gasteiger partial charge in [-0.3, -0.25) is 4.79 Å². The fourth-order valence-electron chi connectivity index (χ4n) is 1.79. The summed E-state index contributed by atoms with van der Waals surface area (Å²) < 4.78 is 0. The van der Waals surface area contributed by atoms with Gasteiger partial charge in [0.05, 0.1) is 0 Å². The van der Waals surface area contributed by atoms with Gasteiger partial charge in [-0.05, 0) is 42.5 Å². The largest absolute Gasteiger partial charge is 0.326 e. The zero-order chi connectivity index (χ0) is 13.5. The second-order valence-corrected chi connectivity index (χ2v) is 5.24. The van der Waals surface area contributed by atoms with Crippen molar-refractivity contribution in [3.63, 3.8) is 0 Å². The Hall–Kier alpha value is -2.05. The average molecular weight is 269 g/mol. The summed E-state index contributed by atoms with van der Waals surface area (Å²) in [5, 5.41) is 4.92. The topological polar surface area (TPSA) is 29.1 Å². The second kappa shape index (κ2) is 6.77. The summed E-state index contributed by atoms with van der Waals surface area (Å²) >= 11 is 1.73. The van der Waals surface area contributed by atoms with E-state index in [4.69, 9.17) is 6.42 Å². The molecule has 0 aliphatic rings. The summed E-state index contributed by atoms with van der Waals surface area (Å²) in [6, 6.07) is 11.5. The van der Waals surface area contributed by atoms with E-state index in [1.165, 1.54) is 4.88 Å². The molecule has 1 aromatic carbocycles. The van der Waals surface area contributed by atoms with Crippen molar-refractivity contribution in [1.29, 1.82) is 0 Å². The third kappa shape index (κ3) is 4.27. The van der Waals surface area contributed by atoms with Gasteiger partial charge >= 0.3 is 0 Å². The molecule has 0 spiro atoms. The first-order valence-corrected chi connectivity index (χ1v) is 7.05. The van der Waals surface area contributed by atoms with E-state index in [9.17, 15) is 4.79 Å². The maximum absolute atomic E-state index is 11.8. The van der Waals surface area contributed by atoms with E-state index in [0.29, 0.717) is 6.42 Å². The number of hydrogen-bond acceptors (Lipinski definition) is 2. The van der Waals surface area contributed by atoms with Gasteiger partial charge in [0.1, 0.15) is 0 Å². The third-order valence-electron chi connectivity index (χ3n) is 2.72. The van der Waals surface area contributed by atoms with Gasteiger partial charge in [-0.1, -0.05) is 18.1 Å². The fraction of sp³-hybridized carbons (Fsp3) is 0.188. The van der Waals surface area contributed by atoms with Crippen molar-refractivity contribution in [2.24, 2.45) is 0 Å². The van der Waals surface area contributed by atoms with Crippen molar-refractivity contribution in [3.8, 4) is 12.3 Å². The molecule has 1 aromatic heterocycles. The fourth-order valence-corrected chi connectivity index (χ4v) is 2.54. The molecule has 2 nitrogen and oxygen atoms in total. The number of amides is 1. The number of thiophene rings is 1. The van der Waals surface area contributed by atoms with Crippen molar-refractivity contribution in [3.05, 3.63) is 52.2 Å². The molecule has 96 valence electrons. The molecule has 3 heteroatoms. The van der Waals surface area contributed by atoms with Crippen LogP contribution in [0.3, 0.4) is 0 Å². The Morgan fingerprint density at radius 3 is 2.95 bits per heavy atom. The van der Waals surface area contributed by atoms with Gasteiger partial charge in [0.2, 0.25) is 5.91 Å². The minimum Gasteiger partial charge on any atom is -0.326 e. The van der Waals surface area contributed by atoms with Gasteiger partial charge in [0.15, 0.2) is 0 Å². The maximum Gasteiger partial charge on any atom is 0.224 e. The van der Waals surface area contributed by atoms with Crippen molar-refractivity contribution in [2.75, 3.05) is 5.32 Å². The number of carbonyl (C=O) groups is 1. The highest BCUT2D eigenvalue weighted by molar-refractivity contribution is 7.09. The molecular formula is C16H15NOS. The first-order chi connectivity index (χ1) is 9.28.